The van der Waals surface area contributed by atoms with Gasteiger partial charge in [0.25, 0.3) is 5.91 Å². The van der Waals surface area contributed by atoms with Crippen LogP contribution in [-0.2, 0) is 4.79 Å². The predicted molar refractivity (Wildman–Crippen MR) is 94.0 cm³/mol. The average Bonchev–Trinajstić information content (AvgIpc) is 2.65. The Morgan fingerprint density at radius 3 is 2.71 bits per heavy atom. The fourth-order valence-corrected chi connectivity index (χ4v) is 2.26. The van der Waals surface area contributed by atoms with E-state index in [9.17, 15) is 4.79 Å². The van der Waals surface area contributed by atoms with Gasteiger partial charge in [0.2, 0.25) is 0 Å². The monoisotopic (exact) mass is 319 g/mol. The summed E-state index contributed by atoms with van der Waals surface area (Å²) in [4.78, 5) is 16.2. The van der Waals surface area contributed by atoms with Gasteiger partial charge in [0.1, 0.15) is 11.3 Å². The number of hydrogen-bond acceptors (Lipinski definition) is 4. The predicted octanol–water partition coefficient (Wildman–Crippen LogP) is 3.15. The number of amides is 1. The number of nitrogens with zero attached hydrogens (tertiary/aromatic N) is 2. The second-order valence-corrected chi connectivity index (χ2v) is 5.22. The zero-order valence-electron chi connectivity index (χ0n) is 13.3. The number of hydrazone groups is 1. The quantitative estimate of drug-likeness (QED) is 0.580. The molecule has 0 aliphatic heterocycles. The number of hydrogen-bond donors (Lipinski definition) is 1. The zero-order chi connectivity index (χ0) is 16.8. The molecule has 0 saturated heterocycles. The lowest BCUT2D eigenvalue weighted by Crippen LogP contribution is -2.25. The second-order valence-electron chi connectivity index (χ2n) is 5.22. The minimum atomic E-state index is -0.321. The number of rotatable bonds is 5. The van der Waals surface area contributed by atoms with Crippen molar-refractivity contribution in [3.8, 4) is 5.75 Å². The Bertz CT molecular complexity index is 871. The molecule has 0 fully saturated rings. The second kappa shape index (κ2) is 7.37. The number of pyridine rings is 1. The molecular formula is C19H17N3O2. The number of carbonyl (C=O) groups is 1. The minimum Gasteiger partial charge on any atom is -0.481 e. The van der Waals surface area contributed by atoms with Crippen molar-refractivity contribution < 1.29 is 9.53 Å². The maximum Gasteiger partial charge on any atom is 0.277 e. The van der Waals surface area contributed by atoms with Gasteiger partial charge in [-0.2, -0.15) is 5.10 Å². The molecule has 0 aliphatic carbocycles. The molecule has 5 heteroatoms. The summed E-state index contributed by atoms with van der Waals surface area (Å²) in [5.41, 5.74) is 4.92. The summed E-state index contributed by atoms with van der Waals surface area (Å²) in [5, 5.41) is 5.06. The third-order valence-corrected chi connectivity index (χ3v) is 3.49. The Balaban J connectivity index is 1.61. The first-order chi connectivity index (χ1) is 11.7. The summed E-state index contributed by atoms with van der Waals surface area (Å²) in [5.74, 6) is 0.255. The van der Waals surface area contributed by atoms with Gasteiger partial charge in [0.15, 0.2) is 6.61 Å². The van der Waals surface area contributed by atoms with E-state index in [0.29, 0.717) is 5.75 Å². The van der Waals surface area contributed by atoms with Gasteiger partial charge in [-0.05, 0) is 24.6 Å². The Morgan fingerprint density at radius 2 is 1.88 bits per heavy atom. The number of aromatic nitrogens is 1. The molecular weight excluding hydrogens is 302 g/mol. The Morgan fingerprint density at radius 1 is 1.08 bits per heavy atom. The van der Waals surface area contributed by atoms with Gasteiger partial charge < -0.3 is 4.74 Å². The van der Waals surface area contributed by atoms with Crippen LogP contribution in [0.1, 0.15) is 12.5 Å². The van der Waals surface area contributed by atoms with E-state index < -0.39 is 0 Å². The van der Waals surface area contributed by atoms with Crippen LogP contribution in [0.25, 0.3) is 10.9 Å². The number of carbonyl (C=O) groups excluding carboxylic acids is 1. The van der Waals surface area contributed by atoms with E-state index in [4.69, 9.17) is 4.74 Å². The molecule has 1 heterocycles. The summed E-state index contributed by atoms with van der Waals surface area (Å²) in [6.45, 7) is 1.71. The van der Waals surface area contributed by atoms with Gasteiger partial charge in [-0.25, -0.2) is 5.43 Å². The highest BCUT2D eigenvalue weighted by Crippen LogP contribution is 2.22. The zero-order valence-corrected chi connectivity index (χ0v) is 13.3. The first kappa shape index (κ1) is 15.7. The Kier molecular flexibility index (Phi) is 4.81. The van der Waals surface area contributed by atoms with Crippen LogP contribution in [0.3, 0.4) is 0 Å². The van der Waals surface area contributed by atoms with Gasteiger partial charge in [0.05, 0.1) is 5.71 Å². The van der Waals surface area contributed by atoms with Crippen LogP contribution >= 0.6 is 0 Å². The molecule has 0 aliphatic rings. The number of nitrogens with one attached hydrogen (secondary N) is 1. The molecule has 0 unspecified atom stereocenters. The highest BCUT2D eigenvalue weighted by atomic mass is 16.5. The van der Waals surface area contributed by atoms with Crippen LogP contribution in [-0.4, -0.2) is 23.2 Å². The molecule has 0 radical (unpaired) electrons. The number of benzene rings is 2. The van der Waals surface area contributed by atoms with Gasteiger partial charge >= 0.3 is 0 Å². The largest absolute Gasteiger partial charge is 0.481 e. The lowest BCUT2D eigenvalue weighted by Gasteiger charge is -2.08. The van der Waals surface area contributed by atoms with Crippen molar-refractivity contribution in [2.24, 2.45) is 5.10 Å². The summed E-state index contributed by atoms with van der Waals surface area (Å²) < 4.78 is 5.58. The van der Waals surface area contributed by atoms with Crippen molar-refractivity contribution in [3.05, 3.63) is 72.4 Å². The van der Waals surface area contributed by atoms with Crippen molar-refractivity contribution in [2.75, 3.05) is 6.61 Å². The van der Waals surface area contributed by atoms with Crippen molar-refractivity contribution in [2.45, 2.75) is 6.92 Å². The molecule has 1 N–H and O–H groups in total. The fourth-order valence-electron chi connectivity index (χ4n) is 2.26. The molecule has 3 rings (SSSR count). The molecule has 2 aromatic carbocycles. The van der Waals surface area contributed by atoms with E-state index in [1.807, 2.05) is 61.5 Å². The smallest absolute Gasteiger partial charge is 0.277 e. The van der Waals surface area contributed by atoms with E-state index in [0.717, 1.165) is 22.2 Å². The Labute approximate surface area is 140 Å². The van der Waals surface area contributed by atoms with E-state index in [1.54, 1.807) is 12.3 Å². The van der Waals surface area contributed by atoms with Crippen molar-refractivity contribution >= 4 is 22.5 Å². The van der Waals surface area contributed by atoms with Gasteiger partial charge in [0, 0.05) is 11.6 Å². The number of fused-ring (bicyclic) bond motifs is 1. The molecule has 0 saturated carbocycles. The molecule has 1 amide bonds. The lowest BCUT2D eigenvalue weighted by atomic mass is 10.1. The van der Waals surface area contributed by atoms with E-state index in [2.05, 4.69) is 15.5 Å². The molecule has 3 aromatic rings. The number of para-hydroxylation sites is 1. The fraction of sp³-hybridized carbons (Fsp3) is 0.105. The topological polar surface area (TPSA) is 63.6 Å². The maximum atomic E-state index is 11.9. The highest BCUT2D eigenvalue weighted by molar-refractivity contribution is 5.99. The van der Waals surface area contributed by atoms with Crippen LogP contribution < -0.4 is 10.2 Å². The molecule has 0 spiro atoms. The molecule has 1 aromatic heterocycles. The van der Waals surface area contributed by atoms with Gasteiger partial charge in [-0.15, -0.1) is 0 Å². The first-order valence-corrected chi connectivity index (χ1v) is 7.59. The molecule has 5 nitrogen and oxygen atoms in total. The Hall–Kier alpha value is -3.21. The van der Waals surface area contributed by atoms with Gasteiger partial charge in [-0.3, -0.25) is 9.78 Å². The van der Waals surface area contributed by atoms with Gasteiger partial charge in [-0.1, -0.05) is 48.5 Å². The summed E-state index contributed by atoms with van der Waals surface area (Å²) >= 11 is 0. The molecule has 24 heavy (non-hydrogen) atoms. The van der Waals surface area contributed by atoms with Crippen molar-refractivity contribution in [3.63, 3.8) is 0 Å². The first-order valence-electron chi connectivity index (χ1n) is 7.59. The molecule has 0 atom stereocenters. The summed E-state index contributed by atoms with van der Waals surface area (Å²) in [7, 11) is 0. The van der Waals surface area contributed by atoms with Crippen LogP contribution in [0, 0.1) is 0 Å². The van der Waals surface area contributed by atoms with Crippen LogP contribution in [0.5, 0.6) is 5.75 Å². The summed E-state index contributed by atoms with van der Waals surface area (Å²) in [6, 6.07) is 19.1. The van der Waals surface area contributed by atoms with Crippen molar-refractivity contribution in [1.82, 2.24) is 10.4 Å². The highest BCUT2D eigenvalue weighted by Gasteiger charge is 2.06. The van der Waals surface area contributed by atoms with Crippen LogP contribution in [0.4, 0.5) is 0 Å². The normalized spacial score (nSPS) is 11.3. The van der Waals surface area contributed by atoms with Crippen molar-refractivity contribution in [1.29, 1.82) is 0 Å². The summed E-state index contributed by atoms with van der Waals surface area (Å²) in [6.07, 6.45) is 1.70. The lowest BCUT2D eigenvalue weighted by molar-refractivity contribution is -0.123. The SMILES string of the molecule is C/C(=N\NC(=O)COc1cccc2cccnc12)c1ccccc1. The third-order valence-electron chi connectivity index (χ3n) is 3.49. The van der Waals surface area contributed by atoms with Crippen LogP contribution in [0.2, 0.25) is 0 Å². The van der Waals surface area contributed by atoms with E-state index in [1.165, 1.54) is 0 Å². The standard InChI is InChI=1S/C19H17N3O2/c1-14(15-7-3-2-4-8-15)21-22-18(23)13-24-17-11-5-9-16-10-6-12-20-19(16)17/h2-12H,13H2,1H3,(H,22,23)/b21-14+. The van der Waals surface area contributed by atoms with Crippen LogP contribution in [0.15, 0.2) is 72.0 Å². The maximum absolute atomic E-state index is 11.9. The molecule has 120 valence electrons. The average molecular weight is 319 g/mol. The van der Waals surface area contributed by atoms with E-state index >= 15 is 0 Å². The number of ether oxygens (including phenoxy) is 1. The third kappa shape index (κ3) is 3.76. The minimum absolute atomic E-state index is 0.124. The molecule has 0 bridgehead atoms. The van der Waals surface area contributed by atoms with E-state index in [-0.39, 0.29) is 12.5 Å².